The Morgan fingerprint density at radius 3 is 2.61 bits per heavy atom. The van der Waals surface area contributed by atoms with Gasteiger partial charge in [-0.15, -0.1) is 0 Å². The molecule has 6 heteroatoms. The fourth-order valence-electron chi connectivity index (χ4n) is 2.77. The first-order chi connectivity index (χ1) is 11.0. The van der Waals surface area contributed by atoms with Crippen LogP contribution in [0, 0.1) is 0 Å². The topological polar surface area (TPSA) is 49.4 Å². The fourth-order valence-corrected chi connectivity index (χ4v) is 3.28. The van der Waals surface area contributed by atoms with Crippen LogP contribution in [-0.4, -0.2) is 23.3 Å². The Morgan fingerprint density at radius 2 is 1.96 bits per heavy atom. The lowest BCUT2D eigenvalue weighted by atomic mass is 9.96. The number of hydrogen-bond donors (Lipinski definition) is 1. The van der Waals surface area contributed by atoms with Crippen LogP contribution in [0.1, 0.15) is 24.1 Å². The van der Waals surface area contributed by atoms with Crippen molar-refractivity contribution in [3.05, 3.63) is 63.1 Å². The predicted molar refractivity (Wildman–Crippen MR) is 93.5 cm³/mol. The van der Waals surface area contributed by atoms with Crippen molar-refractivity contribution in [1.29, 1.82) is 0 Å². The average molecular weight is 394 g/mol. The third-order valence-corrected chi connectivity index (χ3v) is 4.54. The molecule has 0 spiro atoms. The largest absolute Gasteiger partial charge is 0.324 e. The number of fused-ring (bicyclic) bond motifs is 1. The molecule has 4 nitrogen and oxygen atoms in total. The standard InChI is InChI=1S/C17H14BrClN2O2/c1-10(22)21-9-16(23)20-15-7-4-12(18)8-14(15)17(21)11-2-5-13(19)6-3-11/h2-8,17H,9H2,1H3,(H,20,23)/t17-/m0/s1. The summed E-state index contributed by atoms with van der Waals surface area (Å²) < 4.78 is 0.884. The van der Waals surface area contributed by atoms with E-state index in [-0.39, 0.29) is 24.4 Å². The van der Waals surface area contributed by atoms with Crippen LogP contribution >= 0.6 is 27.5 Å². The van der Waals surface area contributed by atoms with Crippen LogP contribution in [0.2, 0.25) is 5.02 Å². The van der Waals surface area contributed by atoms with Crippen LogP contribution in [-0.2, 0) is 9.59 Å². The summed E-state index contributed by atoms with van der Waals surface area (Å²) in [6.07, 6.45) is 0. The number of carbonyl (C=O) groups excluding carboxylic acids is 2. The minimum Gasteiger partial charge on any atom is -0.324 e. The van der Waals surface area contributed by atoms with Gasteiger partial charge in [0.15, 0.2) is 0 Å². The summed E-state index contributed by atoms with van der Waals surface area (Å²) in [6.45, 7) is 1.48. The number of halogens is 2. The van der Waals surface area contributed by atoms with Crippen molar-refractivity contribution in [2.45, 2.75) is 13.0 Å². The molecule has 2 aromatic carbocycles. The Balaban J connectivity index is 2.21. The number of benzene rings is 2. The van der Waals surface area contributed by atoms with E-state index in [0.717, 1.165) is 15.6 Å². The quantitative estimate of drug-likeness (QED) is 0.796. The van der Waals surface area contributed by atoms with Crippen molar-refractivity contribution in [3.8, 4) is 0 Å². The molecule has 0 unspecified atom stereocenters. The SMILES string of the molecule is CC(=O)N1CC(=O)Nc2ccc(Br)cc2[C@@H]1c1ccc(Cl)cc1. The highest BCUT2D eigenvalue weighted by Gasteiger charge is 2.31. The van der Waals surface area contributed by atoms with Gasteiger partial charge in [0.25, 0.3) is 0 Å². The number of hydrogen-bond acceptors (Lipinski definition) is 2. The van der Waals surface area contributed by atoms with E-state index < -0.39 is 0 Å². The molecule has 1 atom stereocenters. The molecular formula is C17H14BrClN2O2. The molecule has 118 valence electrons. The van der Waals surface area contributed by atoms with Gasteiger partial charge >= 0.3 is 0 Å². The second kappa shape index (κ2) is 6.34. The molecule has 2 aromatic rings. The van der Waals surface area contributed by atoms with Gasteiger partial charge in [-0.3, -0.25) is 9.59 Å². The van der Waals surface area contributed by atoms with E-state index in [9.17, 15) is 9.59 Å². The summed E-state index contributed by atoms with van der Waals surface area (Å²) in [5.74, 6) is -0.367. The molecule has 1 aliphatic rings. The van der Waals surface area contributed by atoms with Gasteiger partial charge in [0.05, 0.1) is 6.04 Å². The number of nitrogens with one attached hydrogen (secondary N) is 1. The first-order valence-electron chi connectivity index (χ1n) is 7.07. The molecule has 1 N–H and O–H groups in total. The molecule has 23 heavy (non-hydrogen) atoms. The zero-order chi connectivity index (χ0) is 16.6. The number of rotatable bonds is 1. The number of amides is 2. The van der Waals surface area contributed by atoms with Crippen LogP contribution in [0.4, 0.5) is 5.69 Å². The van der Waals surface area contributed by atoms with E-state index in [2.05, 4.69) is 21.2 Å². The third-order valence-electron chi connectivity index (χ3n) is 3.80. The summed E-state index contributed by atoms with van der Waals surface area (Å²) >= 11 is 9.44. The lowest BCUT2D eigenvalue weighted by molar-refractivity contribution is -0.134. The molecule has 0 saturated heterocycles. The third kappa shape index (κ3) is 3.26. The molecule has 2 amide bonds. The highest BCUT2D eigenvalue weighted by atomic mass is 79.9. The van der Waals surface area contributed by atoms with E-state index in [1.807, 2.05) is 30.3 Å². The van der Waals surface area contributed by atoms with Crippen molar-refractivity contribution in [3.63, 3.8) is 0 Å². The van der Waals surface area contributed by atoms with Crippen LogP contribution in [0.15, 0.2) is 46.9 Å². The normalized spacial score (nSPS) is 17.3. The molecule has 3 rings (SSSR count). The van der Waals surface area contributed by atoms with Gasteiger partial charge in [-0.1, -0.05) is 39.7 Å². The number of carbonyl (C=O) groups is 2. The maximum Gasteiger partial charge on any atom is 0.244 e. The Bertz CT molecular complexity index is 777. The maximum atomic E-state index is 12.2. The Morgan fingerprint density at radius 1 is 1.26 bits per heavy atom. The summed E-state index contributed by atoms with van der Waals surface area (Å²) in [6, 6.07) is 12.6. The van der Waals surface area contributed by atoms with Crippen LogP contribution in [0.5, 0.6) is 0 Å². The molecule has 0 aromatic heterocycles. The molecule has 0 radical (unpaired) electrons. The van der Waals surface area contributed by atoms with Gasteiger partial charge in [-0.25, -0.2) is 0 Å². The molecule has 0 bridgehead atoms. The first-order valence-corrected chi connectivity index (χ1v) is 8.25. The van der Waals surface area contributed by atoms with Gasteiger partial charge in [0, 0.05) is 27.7 Å². The lowest BCUT2D eigenvalue weighted by Gasteiger charge is -2.29. The Hall–Kier alpha value is -1.85. The summed E-state index contributed by atoms with van der Waals surface area (Å²) in [4.78, 5) is 25.9. The molecule has 1 aliphatic heterocycles. The van der Waals surface area contributed by atoms with Crippen molar-refractivity contribution < 1.29 is 9.59 Å². The second-order valence-electron chi connectivity index (χ2n) is 5.38. The van der Waals surface area contributed by atoms with Crippen LogP contribution in [0.25, 0.3) is 0 Å². The monoisotopic (exact) mass is 392 g/mol. The summed E-state index contributed by atoms with van der Waals surface area (Å²) in [5, 5.41) is 3.49. The van der Waals surface area contributed by atoms with E-state index in [1.54, 1.807) is 17.0 Å². The van der Waals surface area contributed by atoms with Crippen LogP contribution < -0.4 is 5.32 Å². The summed E-state index contributed by atoms with van der Waals surface area (Å²) in [7, 11) is 0. The van der Waals surface area contributed by atoms with E-state index in [4.69, 9.17) is 11.6 Å². The molecule has 0 aliphatic carbocycles. The minimum atomic E-state index is -0.351. The minimum absolute atomic E-state index is 0.00885. The van der Waals surface area contributed by atoms with Gasteiger partial charge in [0.2, 0.25) is 11.8 Å². The number of anilines is 1. The van der Waals surface area contributed by atoms with Gasteiger partial charge in [0.1, 0.15) is 6.54 Å². The fraction of sp³-hybridized carbons (Fsp3) is 0.176. The first kappa shape index (κ1) is 16.0. The van der Waals surface area contributed by atoms with Crippen molar-refractivity contribution in [1.82, 2.24) is 4.90 Å². The van der Waals surface area contributed by atoms with E-state index in [0.29, 0.717) is 10.7 Å². The Kier molecular flexibility index (Phi) is 4.41. The van der Waals surface area contributed by atoms with E-state index in [1.165, 1.54) is 6.92 Å². The van der Waals surface area contributed by atoms with Gasteiger partial charge < -0.3 is 10.2 Å². The number of nitrogens with zero attached hydrogens (tertiary/aromatic N) is 1. The van der Waals surface area contributed by atoms with E-state index >= 15 is 0 Å². The average Bonchev–Trinajstić information content (AvgIpc) is 2.64. The zero-order valence-corrected chi connectivity index (χ0v) is 14.7. The van der Waals surface area contributed by atoms with Crippen molar-refractivity contribution in [2.24, 2.45) is 0 Å². The second-order valence-corrected chi connectivity index (χ2v) is 6.73. The lowest BCUT2D eigenvalue weighted by Crippen LogP contribution is -2.37. The Labute approximate surface area is 147 Å². The molecule has 0 saturated carbocycles. The summed E-state index contributed by atoms with van der Waals surface area (Å²) in [5.41, 5.74) is 2.48. The van der Waals surface area contributed by atoms with Gasteiger partial charge in [-0.05, 0) is 35.9 Å². The molecule has 0 fully saturated rings. The van der Waals surface area contributed by atoms with Crippen molar-refractivity contribution >= 4 is 45.0 Å². The van der Waals surface area contributed by atoms with Crippen molar-refractivity contribution in [2.75, 3.05) is 11.9 Å². The van der Waals surface area contributed by atoms with Crippen LogP contribution in [0.3, 0.4) is 0 Å². The smallest absolute Gasteiger partial charge is 0.244 e. The predicted octanol–water partition coefficient (Wildman–Crippen LogP) is 3.99. The highest BCUT2D eigenvalue weighted by Crippen LogP contribution is 2.37. The molecule has 1 heterocycles. The molecular weight excluding hydrogens is 380 g/mol. The van der Waals surface area contributed by atoms with Gasteiger partial charge in [-0.2, -0.15) is 0 Å². The highest BCUT2D eigenvalue weighted by molar-refractivity contribution is 9.10. The maximum absolute atomic E-state index is 12.2. The zero-order valence-electron chi connectivity index (χ0n) is 12.3.